The number of nitrogens with one attached hydrogen (secondary N) is 1. The minimum Gasteiger partial charge on any atom is -0.478 e. The first-order chi connectivity index (χ1) is 7.18. The number of rotatable bonds is 1. The van der Waals surface area contributed by atoms with Gasteiger partial charge in [-0.25, -0.2) is 4.79 Å². The average molecular weight is 204 g/mol. The topological polar surface area (TPSA) is 52.6 Å². The van der Waals surface area contributed by atoms with Crippen LogP contribution in [0, 0.1) is 0 Å². The monoisotopic (exact) mass is 204 g/mol. The first kappa shape index (κ1) is 9.58. The fourth-order valence-electron chi connectivity index (χ4n) is 1.58. The molecule has 0 unspecified atom stereocenters. The number of aromatic carboxylic acids is 1. The highest BCUT2D eigenvalue weighted by molar-refractivity contribution is 5.91. The molecule has 4 nitrogen and oxygen atoms in total. The first-order valence-corrected chi connectivity index (χ1v) is 4.68. The third-order valence-electron chi connectivity index (χ3n) is 2.39. The zero-order valence-electron chi connectivity index (χ0n) is 8.40. The van der Waals surface area contributed by atoms with Gasteiger partial charge in [0.25, 0.3) is 0 Å². The molecule has 0 atom stereocenters. The second-order valence-electron chi connectivity index (χ2n) is 3.46. The Morgan fingerprint density at radius 1 is 1.53 bits per heavy atom. The Hall–Kier alpha value is -1.97. The van der Waals surface area contributed by atoms with Gasteiger partial charge in [-0.15, -0.1) is 0 Å². The number of fused-ring (bicyclic) bond motifs is 1. The molecule has 78 valence electrons. The van der Waals surface area contributed by atoms with Crippen molar-refractivity contribution < 1.29 is 9.90 Å². The van der Waals surface area contributed by atoms with Gasteiger partial charge in [0.15, 0.2) is 0 Å². The molecule has 0 spiro atoms. The van der Waals surface area contributed by atoms with Crippen molar-refractivity contribution in [2.45, 2.75) is 0 Å². The zero-order valence-corrected chi connectivity index (χ0v) is 8.40. The van der Waals surface area contributed by atoms with E-state index in [1.54, 1.807) is 12.1 Å². The summed E-state index contributed by atoms with van der Waals surface area (Å²) in [6, 6.07) is 5.08. The molecule has 2 rings (SSSR count). The number of anilines is 2. The summed E-state index contributed by atoms with van der Waals surface area (Å²) in [5.74, 6) is -0.907. The molecule has 0 fully saturated rings. The zero-order chi connectivity index (χ0) is 10.8. The van der Waals surface area contributed by atoms with Crippen LogP contribution in [0.5, 0.6) is 0 Å². The largest absolute Gasteiger partial charge is 0.478 e. The van der Waals surface area contributed by atoms with Crippen molar-refractivity contribution in [3.05, 3.63) is 36.0 Å². The van der Waals surface area contributed by atoms with Crippen LogP contribution in [0.4, 0.5) is 11.4 Å². The van der Waals surface area contributed by atoms with Gasteiger partial charge >= 0.3 is 5.97 Å². The lowest BCUT2D eigenvalue weighted by Gasteiger charge is -2.18. The molecule has 0 amide bonds. The van der Waals surface area contributed by atoms with Crippen molar-refractivity contribution >= 4 is 17.3 Å². The second kappa shape index (κ2) is 3.65. The molecule has 0 radical (unpaired) electrons. The van der Waals surface area contributed by atoms with Crippen LogP contribution in [-0.2, 0) is 0 Å². The minimum absolute atomic E-state index is 0.296. The number of benzene rings is 1. The third kappa shape index (κ3) is 1.79. The lowest BCUT2D eigenvalue weighted by molar-refractivity contribution is 0.0697. The maximum atomic E-state index is 10.8. The van der Waals surface area contributed by atoms with Crippen LogP contribution in [0.1, 0.15) is 10.4 Å². The number of carboxylic acid groups (broad SMARTS) is 1. The molecule has 1 heterocycles. The lowest BCUT2D eigenvalue weighted by Crippen LogP contribution is -2.16. The molecule has 1 aliphatic heterocycles. The summed E-state index contributed by atoms with van der Waals surface area (Å²) < 4.78 is 0. The van der Waals surface area contributed by atoms with Crippen LogP contribution in [0.2, 0.25) is 0 Å². The maximum Gasteiger partial charge on any atom is 0.335 e. The van der Waals surface area contributed by atoms with Gasteiger partial charge in [-0.1, -0.05) is 0 Å². The van der Waals surface area contributed by atoms with Crippen LogP contribution in [0.25, 0.3) is 0 Å². The molecule has 0 saturated heterocycles. The Labute approximate surface area is 87.8 Å². The van der Waals surface area contributed by atoms with Crippen LogP contribution < -0.4 is 10.2 Å². The summed E-state index contributed by atoms with van der Waals surface area (Å²) in [5.41, 5.74) is 2.13. The molecule has 0 bridgehead atoms. The van der Waals surface area contributed by atoms with Gasteiger partial charge in [-0.3, -0.25) is 0 Å². The molecule has 0 saturated carbocycles. The number of carboxylic acids is 1. The van der Waals surface area contributed by atoms with Crippen LogP contribution >= 0.6 is 0 Å². The minimum atomic E-state index is -0.907. The van der Waals surface area contributed by atoms with Crippen LogP contribution in [0.3, 0.4) is 0 Å². The van der Waals surface area contributed by atoms with E-state index in [9.17, 15) is 4.79 Å². The van der Waals surface area contributed by atoms with Crippen LogP contribution in [0.15, 0.2) is 30.5 Å². The molecule has 1 aromatic rings. The molecule has 4 heteroatoms. The summed E-state index contributed by atoms with van der Waals surface area (Å²) in [6.07, 6.45) is 3.81. The van der Waals surface area contributed by atoms with Crippen molar-refractivity contribution in [1.29, 1.82) is 0 Å². The van der Waals surface area contributed by atoms with E-state index in [2.05, 4.69) is 10.2 Å². The van der Waals surface area contributed by atoms with E-state index in [1.165, 1.54) is 0 Å². The Morgan fingerprint density at radius 2 is 2.33 bits per heavy atom. The molecule has 15 heavy (non-hydrogen) atoms. The van der Waals surface area contributed by atoms with E-state index in [4.69, 9.17) is 5.11 Å². The van der Waals surface area contributed by atoms with E-state index >= 15 is 0 Å². The molecule has 0 aliphatic carbocycles. The number of nitrogens with zero attached hydrogens (tertiary/aromatic N) is 1. The number of hydrogen-bond donors (Lipinski definition) is 2. The van der Waals surface area contributed by atoms with Crippen molar-refractivity contribution in [1.82, 2.24) is 0 Å². The van der Waals surface area contributed by atoms with Crippen molar-refractivity contribution in [2.24, 2.45) is 0 Å². The normalized spacial score (nSPS) is 14.1. The fourth-order valence-corrected chi connectivity index (χ4v) is 1.58. The quantitative estimate of drug-likeness (QED) is 0.731. The van der Waals surface area contributed by atoms with Crippen LogP contribution in [-0.4, -0.2) is 24.7 Å². The van der Waals surface area contributed by atoms with Crippen molar-refractivity contribution in [3.63, 3.8) is 0 Å². The van der Waals surface area contributed by atoms with Crippen molar-refractivity contribution in [2.75, 3.05) is 23.8 Å². The van der Waals surface area contributed by atoms with Gasteiger partial charge < -0.3 is 15.3 Å². The standard InChI is InChI=1S/C11H12N2O2/c1-13-6-2-5-12-9-7-8(11(14)15)3-4-10(9)13/h2-5,7,12H,6H2,1H3,(H,14,15). The molecular weight excluding hydrogens is 192 g/mol. The van der Waals surface area contributed by atoms with Gasteiger partial charge in [-0.2, -0.15) is 0 Å². The highest BCUT2D eigenvalue weighted by atomic mass is 16.4. The molecular formula is C11H12N2O2. The Balaban J connectivity index is 2.46. The SMILES string of the molecule is CN1CC=CNc2cc(C(=O)O)ccc21. The number of carbonyl (C=O) groups is 1. The summed E-state index contributed by atoms with van der Waals surface area (Å²) in [7, 11) is 1.97. The molecule has 0 aromatic heterocycles. The highest BCUT2D eigenvalue weighted by Gasteiger charge is 2.11. The van der Waals surface area contributed by atoms with Gasteiger partial charge in [0.05, 0.1) is 16.9 Å². The fraction of sp³-hybridized carbons (Fsp3) is 0.182. The van der Waals surface area contributed by atoms with Gasteiger partial charge in [0.2, 0.25) is 0 Å². The maximum absolute atomic E-state index is 10.8. The highest BCUT2D eigenvalue weighted by Crippen LogP contribution is 2.27. The van der Waals surface area contributed by atoms with E-state index in [1.807, 2.05) is 25.4 Å². The number of hydrogen-bond acceptors (Lipinski definition) is 3. The molecule has 2 N–H and O–H groups in total. The summed E-state index contributed by atoms with van der Waals surface area (Å²) >= 11 is 0. The smallest absolute Gasteiger partial charge is 0.335 e. The summed E-state index contributed by atoms with van der Waals surface area (Å²) in [5, 5.41) is 11.9. The van der Waals surface area contributed by atoms with Gasteiger partial charge in [0, 0.05) is 13.6 Å². The van der Waals surface area contributed by atoms with E-state index in [-0.39, 0.29) is 0 Å². The average Bonchev–Trinajstić information content (AvgIpc) is 2.40. The van der Waals surface area contributed by atoms with E-state index < -0.39 is 5.97 Å². The lowest BCUT2D eigenvalue weighted by atomic mass is 10.1. The Kier molecular flexibility index (Phi) is 2.33. The predicted molar refractivity (Wildman–Crippen MR) is 59.4 cm³/mol. The first-order valence-electron chi connectivity index (χ1n) is 4.68. The Morgan fingerprint density at radius 3 is 3.07 bits per heavy atom. The number of likely N-dealkylation sites (N-methyl/N-ethyl adjacent to an activating group) is 1. The predicted octanol–water partition coefficient (Wildman–Crippen LogP) is 1.76. The van der Waals surface area contributed by atoms with Gasteiger partial charge in [0.1, 0.15) is 0 Å². The summed E-state index contributed by atoms with van der Waals surface area (Å²) in [6.45, 7) is 0.812. The second-order valence-corrected chi connectivity index (χ2v) is 3.46. The van der Waals surface area contributed by atoms with Gasteiger partial charge in [-0.05, 0) is 30.5 Å². The van der Waals surface area contributed by atoms with E-state index in [0.29, 0.717) is 5.56 Å². The van der Waals surface area contributed by atoms with Crippen molar-refractivity contribution in [3.8, 4) is 0 Å². The van der Waals surface area contributed by atoms with E-state index in [0.717, 1.165) is 17.9 Å². The molecule has 1 aromatic carbocycles. The third-order valence-corrected chi connectivity index (χ3v) is 2.39. The Bertz CT molecular complexity index is 427. The molecule has 1 aliphatic rings. The summed E-state index contributed by atoms with van der Waals surface area (Å²) in [4.78, 5) is 12.8.